The average Bonchev–Trinajstić information content (AvgIpc) is 3.43. The Labute approximate surface area is 181 Å². The van der Waals surface area contributed by atoms with Crippen molar-refractivity contribution in [2.24, 2.45) is 0 Å². The molecule has 0 saturated carbocycles. The Bertz CT molecular complexity index is 818. The molecule has 1 aliphatic heterocycles. The smallest absolute Gasteiger partial charge is 0.414 e. The lowest BCUT2D eigenvalue weighted by Crippen LogP contribution is -2.49. The van der Waals surface area contributed by atoms with Gasteiger partial charge in [0.2, 0.25) is 0 Å². The molecule has 9 heteroatoms. The van der Waals surface area contributed by atoms with Gasteiger partial charge in [-0.15, -0.1) is 0 Å². The van der Waals surface area contributed by atoms with E-state index in [9.17, 15) is 13.6 Å². The minimum atomic E-state index is -0.735. The molecular formula is C22H32F2N3O4+. The minimum Gasteiger partial charge on any atom is -0.471 e. The lowest BCUT2D eigenvalue weighted by atomic mass is 10.0. The van der Waals surface area contributed by atoms with E-state index in [-0.39, 0.29) is 30.3 Å². The number of halogens is 2. The zero-order valence-corrected chi connectivity index (χ0v) is 18.8. The Kier molecular flexibility index (Phi) is 11.3. The summed E-state index contributed by atoms with van der Waals surface area (Å²) in [6.45, 7) is 10.4. The quantitative estimate of drug-likeness (QED) is 0.687. The third kappa shape index (κ3) is 6.78. The first-order chi connectivity index (χ1) is 15.0. The van der Waals surface area contributed by atoms with Crippen molar-refractivity contribution in [3.63, 3.8) is 0 Å². The van der Waals surface area contributed by atoms with Crippen molar-refractivity contribution < 1.29 is 33.3 Å². The number of rotatable bonds is 7. The third-order valence-electron chi connectivity index (χ3n) is 4.14. The van der Waals surface area contributed by atoms with Gasteiger partial charge in [0.25, 0.3) is 5.88 Å². The average molecular weight is 441 g/mol. The Morgan fingerprint density at radius 3 is 2.45 bits per heavy atom. The van der Waals surface area contributed by atoms with E-state index in [4.69, 9.17) is 9.47 Å². The molecule has 1 saturated heterocycles. The van der Waals surface area contributed by atoms with Gasteiger partial charge in [0.05, 0.1) is 18.8 Å². The van der Waals surface area contributed by atoms with Crippen LogP contribution < -0.4 is 15.4 Å². The lowest BCUT2D eigenvalue weighted by molar-refractivity contribution is -0.352. The summed E-state index contributed by atoms with van der Waals surface area (Å²) in [6, 6.07) is 3.78. The summed E-state index contributed by atoms with van der Waals surface area (Å²) in [5.41, 5.74) is 4.21. The number of amides is 1. The fourth-order valence-electron chi connectivity index (χ4n) is 2.89. The number of cyclic esters (lactones) is 1. The predicted octanol–water partition coefficient (Wildman–Crippen LogP) is 4.44. The number of anilines is 1. The van der Waals surface area contributed by atoms with Crippen LogP contribution in [0.5, 0.6) is 5.88 Å². The molecule has 172 valence electrons. The summed E-state index contributed by atoms with van der Waals surface area (Å²) in [7, 11) is 0. The summed E-state index contributed by atoms with van der Waals surface area (Å²) in [5, 5.41) is 3.59. The maximum absolute atomic E-state index is 14.6. The van der Waals surface area contributed by atoms with Crippen LogP contribution >= 0.6 is 0 Å². The Morgan fingerprint density at radius 1 is 1.29 bits per heavy atom. The van der Waals surface area contributed by atoms with Crippen molar-refractivity contribution in [2.75, 3.05) is 24.6 Å². The fraction of sp³-hybridized carbons (Fsp3) is 0.455. The Hall–Kier alpha value is -2.94. The zero-order chi connectivity index (χ0) is 23.4. The van der Waals surface area contributed by atoms with Crippen molar-refractivity contribution in [1.29, 1.82) is 0 Å². The molecule has 31 heavy (non-hydrogen) atoms. The van der Waals surface area contributed by atoms with Crippen molar-refractivity contribution in [3.05, 3.63) is 47.7 Å². The molecule has 0 radical (unpaired) electrons. The number of hydrogen-bond acceptors (Lipinski definition) is 5. The zero-order valence-electron chi connectivity index (χ0n) is 18.8. The third-order valence-corrected chi connectivity index (χ3v) is 4.14. The number of carbonyl (C=O) groups is 1. The first kappa shape index (κ1) is 26.1. The summed E-state index contributed by atoms with van der Waals surface area (Å²) in [4.78, 5) is 13.3. The van der Waals surface area contributed by atoms with E-state index < -0.39 is 23.8 Å². The van der Waals surface area contributed by atoms with Crippen LogP contribution in [0.2, 0.25) is 0 Å². The molecule has 2 aromatic rings. The minimum absolute atomic E-state index is 0.0457. The van der Waals surface area contributed by atoms with Crippen LogP contribution in [-0.2, 0) is 4.74 Å². The lowest BCUT2D eigenvalue weighted by Gasteiger charge is -2.16. The van der Waals surface area contributed by atoms with E-state index in [1.54, 1.807) is 6.08 Å². The van der Waals surface area contributed by atoms with Gasteiger partial charge in [-0.3, -0.25) is 4.90 Å². The molecule has 1 fully saturated rings. The first-order valence-electron chi connectivity index (χ1n) is 10.5. The number of aromatic nitrogens is 1. The molecule has 2 heterocycles. The standard InChI is InChI=1S/C18H19F2N3O4.2C2H6/c1-2-11(3-5-21)17-14(19)7-12(8-15(17)20)23-9-13(27-18(23)24)10-25-16-4-6-26-22-16;2*1-2/h3-4,6-8,13H,2,5,9-10,21H2,1H3;2*1-2H3/p+1/b11-3+;;. The van der Waals surface area contributed by atoms with Gasteiger partial charge in [-0.1, -0.05) is 34.6 Å². The molecule has 1 aromatic heterocycles. The monoisotopic (exact) mass is 440 g/mol. The molecule has 1 atom stereocenters. The van der Waals surface area contributed by atoms with Gasteiger partial charge in [-0.05, 0) is 35.4 Å². The molecule has 3 rings (SSSR count). The van der Waals surface area contributed by atoms with Crippen molar-refractivity contribution in [1.82, 2.24) is 5.16 Å². The second-order valence-electron chi connectivity index (χ2n) is 5.92. The second-order valence-corrected chi connectivity index (χ2v) is 5.92. The van der Waals surface area contributed by atoms with E-state index in [2.05, 4.69) is 15.4 Å². The second kappa shape index (κ2) is 13.4. The summed E-state index contributed by atoms with van der Waals surface area (Å²) >= 11 is 0. The largest absolute Gasteiger partial charge is 0.471 e. The molecule has 1 aliphatic rings. The number of ether oxygens (including phenoxy) is 2. The molecular weight excluding hydrogens is 408 g/mol. The summed E-state index contributed by atoms with van der Waals surface area (Å²) < 4.78 is 44.3. The molecule has 1 aromatic carbocycles. The molecule has 0 spiro atoms. The number of hydrogen-bond donors (Lipinski definition) is 1. The Morgan fingerprint density at radius 2 is 1.94 bits per heavy atom. The highest BCUT2D eigenvalue weighted by molar-refractivity contribution is 5.90. The van der Waals surface area contributed by atoms with E-state index in [0.29, 0.717) is 18.5 Å². The highest BCUT2D eigenvalue weighted by atomic mass is 19.1. The van der Waals surface area contributed by atoms with Gasteiger partial charge >= 0.3 is 6.09 Å². The summed E-state index contributed by atoms with van der Waals surface area (Å²) in [6.07, 6.45) is 2.21. The van der Waals surface area contributed by atoms with Crippen LogP contribution in [0.3, 0.4) is 0 Å². The number of benzene rings is 1. The van der Waals surface area contributed by atoms with Crippen molar-refractivity contribution >= 4 is 17.4 Å². The molecule has 1 amide bonds. The SMILES string of the molecule is CC.CC.CC/C(=C\C[NH3+])c1c(F)cc(N2CC(COc3ccon3)OC2=O)cc1F. The fourth-order valence-corrected chi connectivity index (χ4v) is 2.89. The Balaban J connectivity index is 0.00000113. The molecule has 0 bridgehead atoms. The van der Waals surface area contributed by atoms with E-state index >= 15 is 0 Å². The van der Waals surface area contributed by atoms with Crippen LogP contribution in [0, 0.1) is 11.6 Å². The topological polar surface area (TPSA) is 92.4 Å². The van der Waals surface area contributed by atoms with Gasteiger partial charge < -0.3 is 19.7 Å². The van der Waals surface area contributed by atoms with E-state index in [0.717, 1.165) is 12.1 Å². The van der Waals surface area contributed by atoms with Gasteiger partial charge in [-0.2, -0.15) is 0 Å². The normalized spacial score (nSPS) is 15.5. The van der Waals surface area contributed by atoms with Crippen LogP contribution in [0.1, 0.15) is 46.6 Å². The van der Waals surface area contributed by atoms with Crippen LogP contribution in [0.15, 0.2) is 35.1 Å². The maximum Gasteiger partial charge on any atom is 0.414 e. The number of nitrogens with zero attached hydrogens (tertiary/aromatic N) is 2. The van der Waals surface area contributed by atoms with Gasteiger partial charge in [0.1, 0.15) is 24.5 Å². The highest BCUT2D eigenvalue weighted by Crippen LogP contribution is 2.30. The number of allylic oxidation sites excluding steroid dienone is 1. The van der Waals surface area contributed by atoms with Crippen LogP contribution in [0.25, 0.3) is 5.57 Å². The summed E-state index contributed by atoms with van der Waals surface area (Å²) in [5.74, 6) is -1.21. The van der Waals surface area contributed by atoms with E-state index in [1.165, 1.54) is 17.2 Å². The predicted molar refractivity (Wildman–Crippen MR) is 115 cm³/mol. The highest BCUT2D eigenvalue weighted by Gasteiger charge is 2.34. The first-order valence-corrected chi connectivity index (χ1v) is 10.5. The molecule has 7 nitrogen and oxygen atoms in total. The molecule has 0 aliphatic carbocycles. The number of quaternary nitrogens is 1. The van der Waals surface area contributed by atoms with Crippen LogP contribution in [0.4, 0.5) is 19.3 Å². The molecule has 3 N–H and O–H groups in total. The number of carbonyl (C=O) groups excluding carboxylic acids is 1. The maximum atomic E-state index is 14.6. The van der Waals surface area contributed by atoms with Gasteiger partial charge in [0.15, 0.2) is 6.10 Å². The van der Waals surface area contributed by atoms with Crippen molar-refractivity contribution in [2.45, 2.75) is 47.1 Å². The molecule has 1 unspecified atom stereocenters. The van der Waals surface area contributed by atoms with Gasteiger partial charge in [0, 0.05) is 11.6 Å². The van der Waals surface area contributed by atoms with Gasteiger partial charge in [-0.25, -0.2) is 13.6 Å². The van der Waals surface area contributed by atoms with Crippen LogP contribution in [-0.4, -0.2) is 37.1 Å². The van der Waals surface area contributed by atoms with Crippen molar-refractivity contribution in [3.8, 4) is 5.88 Å². The van der Waals surface area contributed by atoms with E-state index in [1.807, 2.05) is 34.6 Å².